The van der Waals surface area contributed by atoms with Crippen LogP contribution >= 0.6 is 0 Å². The molecule has 0 bridgehead atoms. The Morgan fingerprint density at radius 2 is 1.74 bits per heavy atom. The van der Waals surface area contributed by atoms with Gasteiger partial charge in [-0.25, -0.2) is 8.78 Å². The average Bonchev–Trinajstić information content (AvgIpc) is 2.76. The summed E-state index contributed by atoms with van der Waals surface area (Å²) in [5.74, 6) is -2.03. The molecule has 0 atom stereocenters. The van der Waals surface area contributed by atoms with Crippen molar-refractivity contribution in [3.05, 3.63) is 76.2 Å². The minimum absolute atomic E-state index is 0.0187. The smallest absolute Gasteiger partial charge is 0.416 e. The topological polar surface area (TPSA) is 37.0 Å². The van der Waals surface area contributed by atoms with E-state index in [1.54, 1.807) is 19.4 Å². The van der Waals surface area contributed by atoms with E-state index in [0.29, 0.717) is 6.07 Å². The molecule has 0 saturated heterocycles. The highest BCUT2D eigenvalue weighted by Gasteiger charge is 2.32. The Bertz CT molecular complexity index is 1220. The van der Waals surface area contributed by atoms with E-state index in [1.807, 2.05) is 0 Å². The Balaban J connectivity index is 0.000000440. The zero-order valence-electron chi connectivity index (χ0n) is 20.0. The Morgan fingerprint density at radius 3 is 2.21 bits per heavy atom. The minimum atomic E-state index is -4.56. The first kappa shape index (κ1) is 27.3. The molecule has 0 saturated carbocycles. The van der Waals surface area contributed by atoms with E-state index in [2.05, 4.69) is 26.8 Å². The molecule has 34 heavy (non-hydrogen) atoms. The Hall–Kier alpha value is -2.96. The first-order chi connectivity index (χ1) is 15.9. The van der Waals surface area contributed by atoms with Crippen LogP contribution in [0, 0.1) is 17.0 Å². The van der Waals surface area contributed by atoms with Crippen molar-refractivity contribution in [2.45, 2.75) is 66.0 Å². The molecule has 2 nitrogen and oxygen atoms in total. The molecule has 1 heterocycles. The largest absolute Gasteiger partial charge is 0.456 e. The normalized spacial score (nSPS) is 12.1. The van der Waals surface area contributed by atoms with Gasteiger partial charge in [-0.15, -0.1) is 0 Å². The van der Waals surface area contributed by atoms with E-state index >= 15 is 0 Å². The number of fused-ring (bicyclic) bond motifs is 1. The number of rotatable bonds is 5. The molecular weight excluding hydrogens is 449 g/mol. The molecule has 0 radical (unpaired) electrons. The highest BCUT2D eigenvalue weighted by atomic mass is 19.4. The van der Waals surface area contributed by atoms with Crippen molar-refractivity contribution in [1.29, 1.82) is 5.41 Å². The van der Waals surface area contributed by atoms with Crippen molar-refractivity contribution in [3.63, 3.8) is 0 Å². The number of halogens is 5. The lowest BCUT2D eigenvalue weighted by molar-refractivity contribution is -0.137. The summed E-state index contributed by atoms with van der Waals surface area (Å²) in [6, 6.07) is 5.82. The molecule has 0 fully saturated rings. The van der Waals surface area contributed by atoms with Crippen molar-refractivity contribution >= 4 is 11.0 Å². The van der Waals surface area contributed by atoms with Crippen molar-refractivity contribution in [2.75, 3.05) is 0 Å². The van der Waals surface area contributed by atoms with E-state index < -0.39 is 23.4 Å². The molecule has 3 rings (SSSR count). The maximum Gasteiger partial charge on any atom is 0.416 e. The maximum atomic E-state index is 14.0. The van der Waals surface area contributed by atoms with Crippen LogP contribution in [0.3, 0.4) is 0 Å². The molecule has 0 aliphatic rings. The van der Waals surface area contributed by atoms with Gasteiger partial charge in [0, 0.05) is 17.5 Å². The predicted octanol–water partition coefficient (Wildman–Crippen LogP) is 9.14. The number of hydrogen-bond acceptors (Lipinski definition) is 2. The molecule has 0 unspecified atom stereocenters. The third kappa shape index (κ3) is 6.55. The van der Waals surface area contributed by atoms with Crippen molar-refractivity contribution < 1.29 is 26.4 Å². The standard InChI is InChI=1S/C19H14F5NO.C8H16/c1-9(2)13-5-10(19(22,23)24)6-14-16(25)8-17(26-18(13)14)12-4-3-11(20)7-15(12)21;1-4-7-8(5-2)6-3/h3-9,25H,1-2H3;5H,4,6-7H2,1-3H3/b;8-5+. The van der Waals surface area contributed by atoms with Crippen LogP contribution in [0.5, 0.6) is 0 Å². The Morgan fingerprint density at radius 1 is 1.06 bits per heavy atom. The number of benzene rings is 2. The van der Waals surface area contributed by atoms with Crippen LogP contribution < -0.4 is 5.36 Å². The van der Waals surface area contributed by atoms with Crippen molar-refractivity contribution in [2.24, 2.45) is 0 Å². The fourth-order valence-corrected chi connectivity index (χ4v) is 3.57. The summed E-state index contributed by atoms with van der Waals surface area (Å²) < 4.78 is 72.3. The minimum Gasteiger partial charge on any atom is -0.456 e. The molecule has 0 amide bonds. The fourth-order valence-electron chi connectivity index (χ4n) is 3.57. The lowest BCUT2D eigenvalue weighted by atomic mass is 9.96. The number of alkyl halides is 3. The average molecular weight is 480 g/mol. The van der Waals surface area contributed by atoms with Gasteiger partial charge in [-0.1, -0.05) is 45.8 Å². The monoisotopic (exact) mass is 479 g/mol. The van der Waals surface area contributed by atoms with E-state index in [4.69, 9.17) is 9.83 Å². The van der Waals surface area contributed by atoms with Gasteiger partial charge in [-0.05, 0) is 55.5 Å². The molecule has 2 aromatic carbocycles. The number of nitrogens with one attached hydrogen (secondary N) is 1. The van der Waals surface area contributed by atoms with Gasteiger partial charge in [0.15, 0.2) is 0 Å². The second-order valence-electron chi connectivity index (χ2n) is 8.29. The number of allylic oxidation sites excluding steroid dienone is 2. The van der Waals surface area contributed by atoms with Gasteiger partial charge < -0.3 is 4.42 Å². The lowest BCUT2D eigenvalue weighted by Gasteiger charge is -2.15. The van der Waals surface area contributed by atoms with Gasteiger partial charge in [0.2, 0.25) is 0 Å². The summed E-state index contributed by atoms with van der Waals surface area (Å²) in [6.45, 7) is 9.94. The van der Waals surface area contributed by atoms with Crippen LogP contribution in [-0.4, -0.2) is 0 Å². The zero-order chi connectivity index (χ0) is 25.6. The highest BCUT2D eigenvalue weighted by Crippen LogP contribution is 2.36. The van der Waals surface area contributed by atoms with Crippen LogP contribution in [0.15, 0.2) is 52.5 Å². The van der Waals surface area contributed by atoms with Crippen molar-refractivity contribution in [1.82, 2.24) is 0 Å². The van der Waals surface area contributed by atoms with Gasteiger partial charge in [-0.2, -0.15) is 13.2 Å². The van der Waals surface area contributed by atoms with E-state index in [-0.39, 0.29) is 39.1 Å². The maximum absolute atomic E-state index is 14.0. The third-order valence-corrected chi connectivity index (χ3v) is 5.47. The van der Waals surface area contributed by atoms with Gasteiger partial charge in [0.05, 0.1) is 16.5 Å². The van der Waals surface area contributed by atoms with Crippen LogP contribution in [0.4, 0.5) is 22.0 Å². The molecule has 184 valence electrons. The van der Waals surface area contributed by atoms with E-state index in [0.717, 1.165) is 30.3 Å². The highest BCUT2D eigenvalue weighted by molar-refractivity contribution is 5.83. The lowest BCUT2D eigenvalue weighted by Crippen LogP contribution is -2.10. The van der Waals surface area contributed by atoms with Crippen molar-refractivity contribution in [3.8, 4) is 11.3 Å². The van der Waals surface area contributed by atoms with Crippen LogP contribution in [0.1, 0.15) is 70.9 Å². The molecule has 0 spiro atoms. The summed E-state index contributed by atoms with van der Waals surface area (Å²) in [5.41, 5.74) is 0.980. The summed E-state index contributed by atoms with van der Waals surface area (Å²) in [6.07, 6.45) is 1.46. The van der Waals surface area contributed by atoms with Gasteiger partial charge in [0.25, 0.3) is 0 Å². The van der Waals surface area contributed by atoms with E-state index in [1.165, 1.54) is 19.3 Å². The molecule has 0 aliphatic heterocycles. The molecular formula is C27H30F5NO. The zero-order valence-corrected chi connectivity index (χ0v) is 20.0. The summed E-state index contributed by atoms with van der Waals surface area (Å²) in [4.78, 5) is 0. The summed E-state index contributed by atoms with van der Waals surface area (Å²) in [5, 5.41) is 7.82. The number of hydrogen-bond donors (Lipinski definition) is 1. The first-order valence-electron chi connectivity index (χ1n) is 11.3. The summed E-state index contributed by atoms with van der Waals surface area (Å²) in [7, 11) is 0. The molecule has 3 aromatic rings. The predicted molar refractivity (Wildman–Crippen MR) is 125 cm³/mol. The first-order valence-corrected chi connectivity index (χ1v) is 11.3. The van der Waals surface area contributed by atoms with Gasteiger partial charge >= 0.3 is 6.18 Å². The van der Waals surface area contributed by atoms with E-state index in [9.17, 15) is 22.0 Å². The Labute approximate surface area is 196 Å². The van der Waals surface area contributed by atoms with Gasteiger partial charge in [-0.3, -0.25) is 5.41 Å². The third-order valence-electron chi connectivity index (χ3n) is 5.47. The summed E-state index contributed by atoms with van der Waals surface area (Å²) >= 11 is 0. The molecule has 0 aliphatic carbocycles. The van der Waals surface area contributed by atoms with Crippen LogP contribution in [0.25, 0.3) is 22.3 Å². The quantitative estimate of drug-likeness (QED) is 0.287. The molecule has 1 aromatic heterocycles. The van der Waals surface area contributed by atoms with Gasteiger partial charge in [0.1, 0.15) is 23.0 Å². The molecule has 7 heteroatoms. The SMILES string of the molecule is C/C=C(\CC)CCC.CC(C)c1cc(C(F)(F)F)cc2c(=N)cc(-c3ccc(F)cc3F)oc12. The van der Waals surface area contributed by atoms with Crippen LogP contribution in [-0.2, 0) is 6.18 Å². The van der Waals surface area contributed by atoms with Crippen LogP contribution in [0.2, 0.25) is 0 Å². The second-order valence-corrected chi connectivity index (χ2v) is 8.29. The molecule has 1 N–H and O–H groups in total. The second kappa shape index (κ2) is 11.4. The Kier molecular flexibility index (Phi) is 9.19. The fraction of sp³-hybridized carbons (Fsp3) is 0.370.